The molecule has 0 spiro atoms. The van der Waals surface area contributed by atoms with Crippen LogP contribution in [0.4, 0.5) is 5.69 Å². The third-order valence-corrected chi connectivity index (χ3v) is 3.68. The molecule has 0 bridgehead atoms. The van der Waals surface area contributed by atoms with Crippen LogP contribution in [0.3, 0.4) is 0 Å². The number of benzene rings is 1. The minimum absolute atomic E-state index is 0.858. The van der Waals surface area contributed by atoms with Gasteiger partial charge in [-0.3, -0.25) is 0 Å². The fourth-order valence-corrected chi connectivity index (χ4v) is 2.78. The molecule has 1 saturated heterocycles. The van der Waals surface area contributed by atoms with Crippen molar-refractivity contribution in [3.05, 3.63) is 29.3 Å². The van der Waals surface area contributed by atoms with Crippen molar-refractivity contribution in [1.82, 2.24) is 5.32 Å². The summed E-state index contributed by atoms with van der Waals surface area (Å²) in [6, 6.07) is 6.73. The lowest BCUT2D eigenvalue weighted by atomic mass is 9.98. The standard InChI is InChI=1S/C14H20N2O/c1-3-12-5-6-15-11-13(12)14(4-1)16-7-2-9-17-10-8-16/h1,3-4,15H,2,5-11H2. The first-order chi connectivity index (χ1) is 8.45. The van der Waals surface area contributed by atoms with Gasteiger partial charge >= 0.3 is 0 Å². The topological polar surface area (TPSA) is 24.5 Å². The van der Waals surface area contributed by atoms with E-state index in [4.69, 9.17) is 4.74 Å². The highest BCUT2D eigenvalue weighted by atomic mass is 16.5. The maximum atomic E-state index is 5.53. The molecule has 1 aromatic carbocycles. The molecule has 0 radical (unpaired) electrons. The smallest absolute Gasteiger partial charge is 0.0641 e. The van der Waals surface area contributed by atoms with E-state index < -0.39 is 0 Å². The Morgan fingerprint density at radius 2 is 2.18 bits per heavy atom. The monoisotopic (exact) mass is 232 g/mol. The largest absolute Gasteiger partial charge is 0.380 e. The summed E-state index contributed by atoms with van der Waals surface area (Å²) in [6.07, 6.45) is 2.30. The van der Waals surface area contributed by atoms with Gasteiger partial charge < -0.3 is 15.0 Å². The molecule has 2 heterocycles. The molecule has 2 aliphatic rings. The van der Waals surface area contributed by atoms with E-state index in [1.807, 2.05) is 0 Å². The van der Waals surface area contributed by atoms with Crippen LogP contribution in [0.2, 0.25) is 0 Å². The second kappa shape index (κ2) is 5.07. The molecule has 1 fully saturated rings. The fourth-order valence-electron chi connectivity index (χ4n) is 2.78. The van der Waals surface area contributed by atoms with Gasteiger partial charge in [0.15, 0.2) is 0 Å². The van der Waals surface area contributed by atoms with Crippen LogP contribution in [-0.4, -0.2) is 32.8 Å². The van der Waals surface area contributed by atoms with Crippen molar-refractivity contribution < 1.29 is 4.74 Å². The molecule has 92 valence electrons. The number of ether oxygens (including phenoxy) is 1. The Morgan fingerprint density at radius 1 is 1.18 bits per heavy atom. The Labute approximate surface area is 103 Å². The maximum Gasteiger partial charge on any atom is 0.0641 e. The zero-order valence-corrected chi connectivity index (χ0v) is 10.2. The number of nitrogens with one attached hydrogen (secondary N) is 1. The van der Waals surface area contributed by atoms with Gasteiger partial charge in [-0.05, 0) is 36.6 Å². The van der Waals surface area contributed by atoms with E-state index in [1.54, 1.807) is 0 Å². The van der Waals surface area contributed by atoms with Crippen molar-refractivity contribution in [2.45, 2.75) is 19.4 Å². The van der Waals surface area contributed by atoms with Crippen molar-refractivity contribution in [2.24, 2.45) is 0 Å². The molecule has 1 aromatic rings. The van der Waals surface area contributed by atoms with Gasteiger partial charge in [-0.2, -0.15) is 0 Å². The Bertz CT molecular complexity index is 384. The van der Waals surface area contributed by atoms with Crippen molar-refractivity contribution in [3.63, 3.8) is 0 Å². The highest BCUT2D eigenvalue weighted by Crippen LogP contribution is 2.27. The normalized spacial score (nSPS) is 20.8. The quantitative estimate of drug-likeness (QED) is 0.795. The number of hydrogen-bond donors (Lipinski definition) is 1. The lowest BCUT2D eigenvalue weighted by Gasteiger charge is -2.28. The van der Waals surface area contributed by atoms with E-state index in [0.717, 1.165) is 52.2 Å². The molecule has 3 nitrogen and oxygen atoms in total. The number of rotatable bonds is 1. The molecule has 17 heavy (non-hydrogen) atoms. The maximum absolute atomic E-state index is 5.53. The molecule has 0 atom stereocenters. The van der Waals surface area contributed by atoms with Gasteiger partial charge in [0.2, 0.25) is 0 Å². The predicted molar refractivity (Wildman–Crippen MR) is 69.5 cm³/mol. The van der Waals surface area contributed by atoms with E-state index in [1.165, 1.54) is 16.8 Å². The molecule has 2 aliphatic heterocycles. The van der Waals surface area contributed by atoms with Gasteiger partial charge in [-0.15, -0.1) is 0 Å². The predicted octanol–water partition coefficient (Wildman–Crippen LogP) is 1.56. The average Bonchev–Trinajstić information content (AvgIpc) is 2.67. The molecule has 0 saturated carbocycles. The summed E-state index contributed by atoms with van der Waals surface area (Å²) >= 11 is 0. The van der Waals surface area contributed by atoms with E-state index in [0.29, 0.717) is 0 Å². The lowest BCUT2D eigenvalue weighted by molar-refractivity contribution is 0.152. The van der Waals surface area contributed by atoms with Gasteiger partial charge in [0.05, 0.1) is 6.61 Å². The fraction of sp³-hybridized carbons (Fsp3) is 0.571. The van der Waals surface area contributed by atoms with E-state index in [-0.39, 0.29) is 0 Å². The lowest BCUT2D eigenvalue weighted by Crippen LogP contribution is -2.30. The van der Waals surface area contributed by atoms with E-state index >= 15 is 0 Å². The summed E-state index contributed by atoms with van der Waals surface area (Å²) in [4.78, 5) is 2.48. The van der Waals surface area contributed by atoms with Crippen LogP contribution in [0.5, 0.6) is 0 Å². The third kappa shape index (κ3) is 2.31. The summed E-state index contributed by atoms with van der Waals surface area (Å²) in [5.41, 5.74) is 4.44. The molecule has 0 aromatic heterocycles. The molecular weight excluding hydrogens is 212 g/mol. The molecule has 3 rings (SSSR count). The second-order valence-electron chi connectivity index (χ2n) is 4.79. The van der Waals surface area contributed by atoms with Gasteiger partial charge in [-0.1, -0.05) is 12.1 Å². The van der Waals surface area contributed by atoms with E-state index in [2.05, 4.69) is 28.4 Å². The average molecular weight is 232 g/mol. The number of hydrogen-bond acceptors (Lipinski definition) is 3. The summed E-state index contributed by atoms with van der Waals surface area (Å²) < 4.78 is 5.53. The van der Waals surface area contributed by atoms with Crippen molar-refractivity contribution in [3.8, 4) is 0 Å². The zero-order valence-electron chi connectivity index (χ0n) is 10.2. The molecule has 3 heteroatoms. The van der Waals surface area contributed by atoms with Crippen LogP contribution < -0.4 is 10.2 Å². The minimum atomic E-state index is 0.858. The van der Waals surface area contributed by atoms with Gasteiger partial charge in [0, 0.05) is 31.9 Å². The van der Waals surface area contributed by atoms with Gasteiger partial charge in [0.1, 0.15) is 0 Å². The van der Waals surface area contributed by atoms with Gasteiger partial charge in [-0.25, -0.2) is 0 Å². The molecule has 0 amide bonds. The Balaban J connectivity index is 1.90. The van der Waals surface area contributed by atoms with Crippen LogP contribution in [-0.2, 0) is 17.7 Å². The molecular formula is C14H20N2O. The Morgan fingerprint density at radius 3 is 3.18 bits per heavy atom. The van der Waals surface area contributed by atoms with Crippen LogP contribution in [0.1, 0.15) is 17.5 Å². The summed E-state index contributed by atoms with van der Waals surface area (Å²) in [6.45, 7) is 6.04. The highest BCUT2D eigenvalue weighted by molar-refractivity contribution is 5.57. The molecule has 1 N–H and O–H groups in total. The van der Waals surface area contributed by atoms with Crippen LogP contribution in [0, 0.1) is 0 Å². The number of nitrogens with zero attached hydrogens (tertiary/aromatic N) is 1. The minimum Gasteiger partial charge on any atom is -0.380 e. The van der Waals surface area contributed by atoms with Crippen LogP contribution in [0.25, 0.3) is 0 Å². The summed E-state index contributed by atoms with van der Waals surface area (Å²) in [5, 5.41) is 3.48. The summed E-state index contributed by atoms with van der Waals surface area (Å²) in [5.74, 6) is 0. The van der Waals surface area contributed by atoms with Gasteiger partial charge in [0.25, 0.3) is 0 Å². The number of fused-ring (bicyclic) bond motifs is 1. The Kier molecular flexibility index (Phi) is 3.29. The van der Waals surface area contributed by atoms with Crippen molar-refractivity contribution >= 4 is 5.69 Å². The van der Waals surface area contributed by atoms with Crippen LogP contribution in [0.15, 0.2) is 18.2 Å². The molecule has 0 unspecified atom stereocenters. The first kappa shape index (κ1) is 11.1. The van der Waals surface area contributed by atoms with Crippen molar-refractivity contribution in [1.29, 1.82) is 0 Å². The Hall–Kier alpha value is -1.06. The van der Waals surface area contributed by atoms with Crippen molar-refractivity contribution in [2.75, 3.05) is 37.7 Å². The van der Waals surface area contributed by atoms with Crippen LogP contribution >= 0.6 is 0 Å². The molecule has 0 aliphatic carbocycles. The summed E-state index contributed by atoms with van der Waals surface area (Å²) in [7, 11) is 0. The SMILES string of the molecule is c1cc2c(c(N3CCCOCC3)c1)CNCC2. The highest BCUT2D eigenvalue weighted by Gasteiger charge is 2.17. The third-order valence-electron chi connectivity index (χ3n) is 3.68. The first-order valence-electron chi connectivity index (χ1n) is 6.59. The zero-order chi connectivity index (χ0) is 11.5. The first-order valence-corrected chi connectivity index (χ1v) is 6.59. The number of anilines is 1. The van der Waals surface area contributed by atoms with E-state index in [9.17, 15) is 0 Å². The second-order valence-corrected chi connectivity index (χ2v) is 4.79.